The van der Waals surface area contributed by atoms with E-state index in [1.807, 2.05) is 6.20 Å². The number of hydrogen-bond acceptors (Lipinski definition) is 5. The lowest BCUT2D eigenvalue weighted by Crippen LogP contribution is -2.21. The van der Waals surface area contributed by atoms with E-state index in [9.17, 15) is 0 Å². The summed E-state index contributed by atoms with van der Waals surface area (Å²) in [6.45, 7) is 4.96. The summed E-state index contributed by atoms with van der Waals surface area (Å²) in [5.41, 5.74) is 0. The Morgan fingerprint density at radius 3 is 2.94 bits per heavy atom. The fourth-order valence-corrected chi connectivity index (χ4v) is 2.11. The van der Waals surface area contributed by atoms with Gasteiger partial charge in [0.25, 0.3) is 0 Å². The lowest BCUT2D eigenvalue weighted by Gasteiger charge is -2.03. The quantitative estimate of drug-likeness (QED) is 0.938. The van der Waals surface area contributed by atoms with Crippen molar-refractivity contribution in [1.29, 1.82) is 0 Å². The zero-order chi connectivity index (χ0) is 11.5. The number of nitrogens with one attached hydrogen (secondary N) is 1. The second-order valence-corrected chi connectivity index (χ2v) is 5.57. The number of hydrogen-bond donors (Lipinski definition) is 1. The topological polar surface area (TPSA) is 55.6 Å². The molecule has 0 unspecified atom stereocenters. The molecule has 1 N–H and O–H groups in total. The molecule has 2 aromatic rings. The average Bonchev–Trinajstić information content (AvgIpc) is 2.83. The Kier molecular flexibility index (Phi) is 3.67. The molecule has 0 fully saturated rings. The van der Waals surface area contributed by atoms with Crippen LogP contribution in [0.5, 0.6) is 0 Å². The monoisotopic (exact) mass is 301 g/mol. The second kappa shape index (κ2) is 5.03. The minimum absolute atomic E-state index is 0.450. The molecule has 0 aliphatic carbocycles. The van der Waals surface area contributed by atoms with Crippen molar-refractivity contribution >= 4 is 27.3 Å². The van der Waals surface area contributed by atoms with Crippen LogP contribution in [0, 0.1) is 0 Å². The third-order valence-corrected chi connectivity index (χ3v) is 3.19. The highest BCUT2D eigenvalue weighted by Crippen LogP contribution is 2.16. The number of halogens is 1. The predicted octanol–water partition coefficient (Wildman–Crippen LogP) is 1.98. The van der Waals surface area contributed by atoms with E-state index in [4.69, 9.17) is 0 Å². The van der Waals surface area contributed by atoms with Gasteiger partial charge in [0.05, 0.1) is 10.7 Å². The standard InChI is InChI=1S/C9H12BrN5S/c1-6(2)11-4-8-13-14-9(16-8)15-5-7(10)3-12-15/h3,5-6,11H,4H2,1-2H3. The molecule has 0 bridgehead atoms. The Morgan fingerprint density at radius 2 is 2.31 bits per heavy atom. The van der Waals surface area contributed by atoms with Gasteiger partial charge in [0.2, 0.25) is 5.13 Å². The molecule has 0 aromatic carbocycles. The molecule has 5 nitrogen and oxygen atoms in total. The summed E-state index contributed by atoms with van der Waals surface area (Å²) in [6, 6.07) is 0.450. The van der Waals surface area contributed by atoms with Gasteiger partial charge in [-0.25, -0.2) is 4.68 Å². The summed E-state index contributed by atoms with van der Waals surface area (Å²) in [4.78, 5) is 0. The van der Waals surface area contributed by atoms with Gasteiger partial charge in [-0.2, -0.15) is 5.10 Å². The van der Waals surface area contributed by atoms with Gasteiger partial charge in [-0.1, -0.05) is 25.2 Å². The molecule has 0 aliphatic rings. The van der Waals surface area contributed by atoms with Crippen LogP contribution < -0.4 is 5.32 Å². The highest BCUT2D eigenvalue weighted by Gasteiger charge is 2.07. The van der Waals surface area contributed by atoms with E-state index >= 15 is 0 Å². The molecule has 2 rings (SSSR count). The lowest BCUT2D eigenvalue weighted by atomic mass is 10.4. The van der Waals surface area contributed by atoms with Crippen molar-refractivity contribution in [2.24, 2.45) is 0 Å². The maximum atomic E-state index is 4.15. The summed E-state index contributed by atoms with van der Waals surface area (Å²) in [7, 11) is 0. The maximum absolute atomic E-state index is 4.15. The van der Waals surface area contributed by atoms with E-state index in [1.54, 1.807) is 10.9 Å². The van der Waals surface area contributed by atoms with Gasteiger partial charge < -0.3 is 5.32 Å². The van der Waals surface area contributed by atoms with Crippen molar-refractivity contribution in [3.63, 3.8) is 0 Å². The Hall–Kier alpha value is -0.790. The van der Waals surface area contributed by atoms with Crippen LogP contribution in [0.4, 0.5) is 0 Å². The van der Waals surface area contributed by atoms with E-state index in [2.05, 4.69) is 50.4 Å². The number of nitrogens with zero attached hydrogens (tertiary/aromatic N) is 4. The molecule has 0 spiro atoms. The van der Waals surface area contributed by atoms with Gasteiger partial charge in [-0.3, -0.25) is 0 Å². The van der Waals surface area contributed by atoms with Crippen LogP contribution in [-0.2, 0) is 6.54 Å². The van der Waals surface area contributed by atoms with Crippen LogP contribution in [0.15, 0.2) is 16.9 Å². The molecule has 0 saturated heterocycles. The van der Waals surface area contributed by atoms with Crippen LogP contribution in [-0.4, -0.2) is 26.0 Å². The van der Waals surface area contributed by atoms with E-state index in [0.717, 1.165) is 21.2 Å². The minimum atomic E-state index is 0.450. The SMILES string of the molecule is CC(C)NCc1nnc(-n2cc(Br)cn2)s1. The van der Waals surface area contributed by atoms with Crippen molar-refractivity contribution < 1.29 is 0 Å². The number of aromatic nitrogens is 4. The smallest absolute Gasteiger partial charge is 0.232 e. The molecular formula is C9H12BrN5S. The third-order valence-electron chi connectivity index (χ3n) is 1.86. The molecule has 0 atom stereocenters. The average molecular weight is 302 g/mol. The molecular weight excluding hydrogens is 290 g/mol. The Balaban J connectivity index is 2.07. The second-order valence-electron chi connectivity index (χ2n) is 3.62. The molecule has 86 valence electrons. The summed E-state index contributed by atoms with van der Waals surface area (Å²) in [6.07, 6.45) is 3.59. The van der Waals surface area contributed by atoms with E-state index < -0.39 is 0 Å². The Bertz CT molecular complexity index is 464. The van der Waals surface area contributed by atoms with E-state index in [1.165, 1.54) is 11.3 Å². The highest BCUT2D eigenvalue weighted by molar-refractivity contribution is 9.10. The Labute approximate surface area is 106 Å². The van der Waals surface area contributed by atoms with Crippen LogP contribution in [0.25, 0.3) is 5.13 Å². The van der Waals surface area contributed by atoms with Crippen molar-refractivity contribution in [2.75, 3.05) is 0 Å². The molecule has 0 saturated carbocycles. The van der Waals surface area contributed by atoms with Crippen LogP contribution >= 0.6 is 27.3 Å². The first kappa shape index (κ1) is 11.7. The lowest BCUT2D eigenvalue weighted by molar-refractivity contribution is 0.584. The van der Waals surface area contributed by atoms with Gasteiger partial charge in [0.1, 0.15) is 5.01 Å². The molecule has 0 amide bonds. The van der Waals surface area contributed by atoms with Crippen molar-refractivity contribution in [3.8, 4) is 5.13 Å². The number of rotatable bonds is 4. The first-order valence-electron chi connectivity index (χ1n) is 4.91. The van der Waals surface area contributed by atoms with Crippen LogP contribution in [0.1, 0.15) is 18.9 Å². The first-order valence-corrected chi connectivity index (χ1v) is 6.52. The van der Waals surface area contributed by atoms with Crippen LogP contribution in [0.2, 0.25) is 0 Å². The first-order chi connectivity index (χ1) is 7.65. The molecule has 16 heavy (non-hydrogen) atoms. The van der Waals surface area contributed by atoms with Crippen molar-refractivity contribution in [3.05, 3.63) is 21.9 Å². The zero-order valence-corrected chi connectivity index (χ0v) is 11.4. The van der Waals surface area contributed by atoms with Crippen LogP contribution in [0.3, 0.4) is 0 Å². The van der Waals surface area contributed by atoms with Gasteiger partial charge in [-0.15, -0.1) is 10.2 Å². The van der Waals surface area contributed by atoms with Gasteiger partial charge in [-0.05, 0) is 15.9 Å². The fourth-order valence-electron chi connectivity index (χ4n) is 1.11. The summed E-state index contributed by atoms with van der Waals surface area (Å²) >= 11 is 4.88. The molecule has 0 radical (unpaired) electrons. The molecule has 2 heterocycles. The van der Waals surface area contributed by atoms with Crippen molar-refractivity contribution in [2.45, 2.75) is 26.4 Å². The third kappa shape index (κ3) is 2.87. The Morgan fingerprint density at radius 1 is 1.50 bits per heavy atom. The molecule has 0 aliphatic heterocycles. The fraction of sp³-hybridized carbons (Fsp3) is 0.444. The predicted molar refractivity (Wildman–Crippen MR) is 66.7 cm³/mol. The molecule has 2 aromatic heterocycles. The minimum Gasteiger partial charge on any atom is -0.308 e. The largest absolute Gasteiger partial charge is 0.308 e. The van der Waals surface area contributed by atoms with Gasteiger partial charge >= 0.3 is 0 Å². The normalized spacial score (nSPS) is 11.2. The summed E-state index contributed by atoms with van der Waals surface area (Å²) in [5, 5.41) is 17.4. The van der Waals surface area contributed by atoms with Crippen molar-refractivity contribution in [1.82, 2.24) is 25.3 Å². The highest BCUT2D eigenvalue weighted by atomic mass is 79.9. The van der Waals surface area contributed by atoms with Gasteiger partial charge in [0.15, 0.2) is 0 Å². The van der Waals surface area contributed by atoms with E-state index in [0.29, 0.717) is 6.04 Å². The summed E-state index contributed by atoms with van der Waals surface area (Å²) < 4.78 is 2.64. The molecule has 7 heteroatoms. The van der Waals surface area contributed by atoms with Gasteiger partial charge in [0, 0.05) is 18.8 Å². The maximum Gasteiger partial charge on any atom is 0.232 e. The van der Waals surface area contributed by atoms with E-state index in [-0.39, 0.29) is 0 Å². The summed E-state index contributed by atoms with van der Waals surface area (Å²) in [5.74, 6) is 0. The zero-order valence-electron chi connectivity index (χ0n) is 9.01.